The highest BCUT2D eigenvalue weighted by molar-refractivity contribution is 7.99. The maximum absolute atomic E-state index is 12.4. The summed E-state index contributed by atoms with van der Waals surface area (Å²) in [5, 5.41) is 9.11. The summed E-state index contributed by atoms with van der Waals surface area (Å²) in [7, 11) is -2.10. The van der Waals surface area contributed by atoms with Gasteiger partial charge in [-0.3, -0.25) is 0 Å². The molecule has 0 aliphatic carbocycles. The van der Waals surface area contributed by atoms with Crippen molar-refractivity contribution in [2.24, 2.45) is 0 Å². The van der Waals surface area contributed by atoms with Crippen LogP contribution in [-0.2, 0) is 10.0 Å². The number of hydrogen-bond donors (Lipinski definition) is 1. The molecule has 0 aliphatic rings. The maximum Gasteiger partial charge on any atom is 0.243 e. The summed E-state index contributed by atoms with van der Waals surface area (Å²) in [5.41, 5.74) is 0. The highest BCUT2D eigenvalue weighted by Gasteiger charge is 2.24. The van der Waals surface area contributed by atoms with Crippen LogP contribution in [0.4, 0.5) is 0 Å². The lowest BCUT2D eigenvalue weighted by Gasteiger charge is -2.22. The number of likely N-dealkylation sites (N-methyl/N-ethyl adjacent to an activating group) is 1. The Balaban J connectivity index is 2.18. The average molecular weight is 337 g/mol. The van der Waals surface area contributed by atoms with Gasteiger partial charge in [-0.15, -0.1) is 0 Å². The molecule has 1 atom stereocenters. The van der Waals surface area contributed by atoms with Crippen molar-refractivity contribution in [1.82, 2.24) is 4.31 Å². The Hall–Kier alpha value is -1.34. The Morgan fingerprint density at radius 3 is 2.14 bits per heavy atom. The minimum absolute atomic E-state index is 0.211. The van der Waals surface area contributed by atoms with Gasteiger partial charge in [0, 0.05) is 22.9 Å². The highest BCUT2D eigenvalue weighted by atomic mass is 32.2. The molecular weight excluding hydrogens is 318 g/mol. The van der Waals surface area contributed by atoms with Crippen LogP contribution in [-0.4, -0.2) is 37.5 Å². The van der Waals surface area contributed by atoms with Gasteiger partial charge >= 0.3 is 0 Å². The van der Waals surface area contributed by atoms with Crippen molar-refractivity contribution in [3.8, 4) is 0 Å². The molecule has 22 heavy (non-hydrogen) atoms. The van der Waals surface area contributed by atoms with Gasteiger partial charge < -0.3 is 5.11 Å². The van der Waals surface area contributed by atoms with Gasteiger partial charge in [0.2, 0.25) is 10.0 Å². The second kappa shape index (κ2) is 7.28. The lowest BCUT2D eigenvalue weighted by atomic mass is 10.4. The van der Waals surface area contributed by atoms with E-state index in [1.54, 1.807) is 43.0 Å². The van der Waals surface area contributed by atoms with Crippen LogP contribution in [0.25, 0.3) is 0 Å². The van der Waals surface area contributed by atoms with Crippen molar-refractivity contribution >= 4 is 21.8 Å². The minimum atomic E-state index is -3.58. The Bertz CT molecular complexity index is 700. The Labute approximate surface area is 135 Å². The summed E-state index contributed by atoms with van der Waals surface area (Å²) in [6.45, 7) is 1.45. The normalized spacial score (nSPS) is 13.3. The number of rotatable bonds is 6. The molecule has 0 saturated heterocycles. The zero-order valence-corrected chi connectivity index (χ0v) is 14.1. The highest BCUT2D eigenvalue weighted by Crippen LogP contribution is 2.28. The Morgan fingerprint density at radius 1 is 1.05 bits per heavy atom. The number of aliphatic hydroxyl groups excluding tert-OH is 1. The SMILES string of the molecule is C[C@H](CO)N(C)S(=O)(=O)c1ccc(Sc2ccccc2)cc1. The van der Waals surface area contributed by atoms with E-state index in [1.165, 1.54) is 11.4 Å². The fraction of sp³-hybridized carbons (Fsp3) is 0.250. The summed E-state index contributed by atoms with van der Waals surface area (Å²) in [5.74, 6) is 0. The number of aliphatic hydroxyl groups is 1. The fourth-order valence-corrected chi connectivity index (χ4v) is 4.01. The van der Waals surface area contributed by atoms with Gasteiger partial charge in [-0.2, -0.15) is 4.31 Å². The van der Waals surface area contributed by atoms with E-state index in [1.807, 2.05) is 30.3 Å². The fourth-order valence-electron chi connectivity index (χ4n) is 1.82. The molecule has 0 aliphatic heterocycles. The first-order chi connectivity index (χ1) is 10.4. The van der Waals surface area contributed by atoms with Crippen LogP contribution >= 0.6 is 11.8 Å². The molecule has 0 spiro atoms. The van der Waals surface area contributed by atoms with Gasteiger partial charge in [-0.05, 0) is 43.3 Å². The summed E-state index contributed by atoms with van der Waals surface area (Å²) < 4.78 is 26.0. The molecule has 2 rings (SSSR count). The van der Waals surface area contributed by atoms with Crippen LogP contribution in [0.2, 0.25) is 0 Å². The predicted octanol–water partition coefficient (Wildman–Crippen LogP) is 2.84. The quantitative estimate of drug-likeness (QED) is 0.880. The van der Waals surface area contributed by atoms with E-state index in [0.717, 1.165) is 9.79 Å². The van der Waals surface area contributed by atoms with Crippen molar-refractivity contribution < 1.29 is 13.5 Å². The molecule has 0 aromatic heterocycles. The van der Waals surface area contributed by atoms with Crippen LogP contribution in [0, 0.1) is 0 Å². The molecule has 0 fully saturated rings. The van der Waals surface area contributed by atoms with Crippen molar-refractivity contribution in [2.75, 3.05) is 13.7 Å². The average Bonchev–Trinajstić information content (AvgIpc) is 2.55. The summed E-state index contributed by atoms with van der Waals surface area (Å²) in [6, 6.07) is 16.2. The van der Waals surface area contributed by atoms with Crippen LogP contribution in [0.1, 0.15) is 6.92 Å². The first-order valence-corrected chi connectivity index (χ1v) is 9.12. The minimum Gasteiger partial charge on any atom is -0.395 e. The lowest BCUT2D eigenvalue weighted by Crippen LogP contribution is -2.37. The first-order valence-electron chi connectivity index (χ1n) is 6.87. The zero-order valence-electron chi connectivity index (χ0n) is 12.5. The molecule has 0 heterocycles. The third-order valence-electron chi connectivity index (χ3n) is 3.36. The van der Waals surface area contributed by atoms with E-state index in [-0.39, 0.29) is 11.5 Å². The molecular formula is C16H19NO3S2. The Morgan fingerprint density at radius 2 is 1.59 bits per heavy atom. The second-order valence-electron chi connectivity index (χ2n) is 4.94. The molecule has 0 bridgehead atoms. The molecule has 4 nitrogen and oxygen atoms in total. The number of benzene rings is 2. The van der Waals surface area contributed by atoms with E-state index in [9.17, 15) is 8.42 Å². The summed E-state index contributed by atoms with van der Waals surface area (Å²) in [4.78, 5) is 2.31. The molecule has 2 aromatic rings. The van der Waals surface area contributed by atoms with Gasteiger partial charge in [-0.25, -0.2) is 8.42 Å². The van der Waals surface area contributed by atoms with E-state index < -0.39 is 16.1 Å². The van der Waals surface area contributed by atoms with Crippen molar-refractivity contribution in [3.05, 3.63) is 54.6 Å². The van der Waals surface area contributed by atoms with E-state index in [4.69, 9.17) is 5.11 Å². The smallest absolute Gasteiger partial charge is 0.243 e. The molecule has 2 aromatic carbocycles. The van der Waals surface area contributed by atoms with Crippen LogP contribution in [0.15, 0.2) is 69.3 Å². The third-order valence-corrected chi connectivity index (χ3v) is 6.37. The lowest BCUT2D eigenvalue weighted by molar-refractivity contribution is 0.214. The first kappa shape index (κ1) is 17.0. The number of nitrogens with zero attached hydrogens (tertiary/aromatic N) is 1. The maximum atomic E-state index is 12.4. The molecule has 0 unspecified atom stereocenters. The van der Waals surface area contributed by atoms with Gasteiger partial charge in [-0.1, -0.05) is 30.0 Å². The van der Waals surface area contributed by atoms with E-state index >= 15 is 0 Å². The van der Waals surface area contributed by atoms with Crippen molar-refractivity contribution in [3.63, 3.8) is 0 Å². The number of sulfonamides is 1. The molecule has 0 saturated carbocycles. The largest absolute Gasteiger partial charge is 0.395 e. The van der Waals surface area contributed by atoms with E-state index in [0.29, 0.717) is 0 Å². The van der Waals surface area contributed by atoms with E-state index in [2.05, 4.69) is 0 Å². The van der Waals surface area contributed by atoms with Gasteiger partial charge in [0.05, 0.1) is 11.5 Å². The van der Waals surface area contributed by atoms with Gasteiger partial charge in [0.25, 0.3) is 0 Å². The Kier molecular flexibility index (Phi) is 5.63. The van der Waals surface area contributed by atoms with Crippen LogP contribution < -0.4 is 0 Å². The zero-order chi connectivity index (χ0) is 16.2. The second-order valence-corrected chi connectivity index (χ2v) is 8.08. The standard InChI is InChI=1S/C16H19NO3S2/c1-13(12-18)17(2)22(19,20)16-10-8-15(9-11-16)21-14-6-4-3-5-7-14/h3-11,13,18H,12H2,1-2H3/t13-/m1/s1. The molecule has 1 N–H and O–H groups in total. The molecule has 6 heteroatoms. The number of hydrogen-bond acceptors (Lipinski definition) is 4. The van der Waals surface area contributed by atoms with Crippen molar-refractivity contribution in [2.45, 2.75) is 27.7 Å². The van der Waals surface area contributed by atoms with Gasteiger partial charge in [0.1, 0.15) is 0 Å². The third kappa shape index (κ3) is 3.89. The molecule has 0 radical (unpaired) electrons. The topological polar surface area (TPSA) is 57.6 Å². The molecule has 118 valence electrons. The van der Waals surface area contributed by atoms with Crippen LogP contribution in [0.5, 0.6) is 0 Å². The van der Waals surface area contributed by atoms with Crippen LogP contribution in [0.3, 0.4) is 0 Å². The molecule has 0 amide bonds. The monoisotopic (exact) mass is 337 g/mol. The van der Waals surface area contributed by atoms with Gasteiger partial charge in [0.15, 0.2) is 0 Å². The van der Waals surface area contributed by atoms with Crippen molar-refractivity contribution in [1.29, 1.82) is 0 Å². The summed E-state index contributed by atoms with van der Waals surface area (Å²) >= 11 is 1.58. The summed E-state index contributed by atoms with van der Waals surface area (Å²) in [6.07, 6.45) is 0. The predicted molar refractivity (Wildman–Crippen MR) is 88.5 cm³/mol.